The first-order chi connectivity index (χ1) is 8.63. The Morgan fingerprint density at radius 3 is 2.56 bits per heavy atom. The average Bonchev–Trinajstić information content (AvgIpc) is 2.39. The molecule has 0 heterocycles. The second kappa shape index (κ2) is 7.25. The van der Waals surface area contributed by atoms with E-state index in [1.165, 1.54) is 7.11 Å². The number of nitrogens with zero attached hydrogens (tertiary/aromatic N) is 1. The third-order valence-electron chi connectivity index (χ3n) is 2.22. The van der Waals surface area contributed by atoms with Crippen LogP contribution in [0.3, 0.4) is 0 Å². The highest BCUT2D eigenvalue weighted by Gasteiger charge is 2.07. The lowest BCUT2D eigenvalue weighted by molar-refractivity contribution is -0.136. The Hall–Kier alpha value is -2.12. The molecule has 18 heavy (non-hydrogen) atoms. The van der Waals surface area contributed by atoms with Gasteiger partial charge in [0.2, 0.25) is 0 Å². The van der Waals surface area contributed by atoms with E-state index >= 15 is 0 Å². The maximum Gasteiger partial charge on any atom is 0.343 e. The number of carbonyl (C=O) groups excluding carboxylic acids is 1. The van der Waals surface area contributed by atoms with Gasteiger partial charge in [-0.25, -0.2) is 9.79 Å². The summed E-state index contributed by atoms with van der Waals surface area (Å²) in [5.74, 6) is 2.37. The SMILES string of the molecule is COC(=O)C(=C=Nc1ccccc1)CC=C(C)C. The number of hydrogen-bond donors (Lipinski definition) is 0. The summed E-state index contributed by atoms with van der Waals surface area (Å²) in [6.45, 7) is 3.95. The van der Waals surface area contributed by atoms with Crippen LogP contribution < -0.4 is 0 Å². The number of hydrogen-bond acceptors (Lipinski definition) is 3. The lowest BCUT2D eigenvalue weighted by atomic mass is 10.1. The highest BCUT2D eigenvalue weighted by molar-refractivity contribution is 5.98. The van der Waals surface area contributed by atoms with E-state index < -0.39 is 5.97 Å². The van der Waals surface area contributed by atoms with Crippen molar-refractivity contribution in [3.8, 4) is 0 Å². The summed E-state index contributed by atoms with van der Waals surface area (Å²) in [5, 5.41) is 0. The van der Waals surface area contributed by atoms with E-state index in [1.807, 2.05) is 50.3 Å². The van der Waals surface area contributed by atoms with Gasteiger partial charge in [0, 0.05) is 6.42 Å². The van der Waals surface area contributed by atoms with Crippen LogP contribution in [0.15, 0.2) is 52.5 Å². The van der Waals surface area contributed by atoms with Crippen molar-refractivity contribution in [3.05, 3.63) is 47.6 Å². The smallest absolute Gasteiger partial charge is 0.343 e. The molecule has 0 aliphatic heterocycles. The summed E-state index contributed by atoms with van der Waals surface area (Å²) in [7, 11) is 1.36. The van der Waals surface area contributed by atoms with E-state index in [0.29, 0.717) is 12.0 Å². The predicted molar refractivity (Wildman–Crippen MR) is 73.1 cm³/mol. The molecule has 0 N–H and O–H groups in total. The second-order valence-electron chi connectivity index (χ2n) is 4.01. The molecule has 1 rings (SSSR count). The Balaban J connectivity index is 2.99. The molecule has 0 saturated heterocycles. The summed E-state index contributed by atoms with van der Waals surface area (Å²) in [6.07, 6.45) is 2.42. The fraction of sp³-hybridized carbons (Fsp3) is 0.267. The number of aliphatic imine (C=N–C) groups is 1. The van der Waals surface area contributed by atoms with Gasteiger partial charge in [0.1, 0.15) is 5.57 Å². The molecule has 0 bridgehead atoms. The van der Waals surface area contributed by atoms with Gasteiger partial charge in [0.05, 0.1) is 12.8 Å². The highest BCUT2D eigenvalue weighted by atomic mass is 16.5. The monoisotopic (exact) mass is 243 g/mol. The van der Waals surface area contributed by atoms with Gasteiger partial charge < -0.3 is 4.74 Å². The molecule has 0 aliphatic rings. The van der Waals surface area contributed by atoms with Crippen molar-refractivity contribution in [1.29, 1.82) is 0 Å². The van der Waals surface area contributed by atoms with Crippen LogP contribution >= 0.6 is 0 Å². The number of rotatable bonds is 4. The average molecular weight is 243 g/mol. The van der Waals surface area contributed by atoms with Crippen molar-refractivity contribution in [2.24, 2.45) is 4.99 Å². The Morgan fingerprint density at radius 2 is 2.00 bits per heavy atom. The summed E-state index contributed by atoms with van der Waals surface area (Å²) in [5.41, 5.74) is 2.32. The van der Waals surface area contributed by atoms with Crippen molar-refractivity contribution < 1.29 is 9.53 Å². The van der Waals surface area contributed by atoms with E-state index in [0.717, 1.165) is 11.3 Å². The van der Waals surface area contributed by atoms with Crippen molar-refractivity contribution in [2.75, 3.05) is 7.11 Å². The van der Waals surface area contributed by atoms with Gasteiger partial charge in [-0.2, -0.15) is 0 Å². The summed E-state index contributed by atoms with van der Waals surface area (Å²) in [6, 6.07) is 9.38. The van der Waals surface area contributed by atoms with Gasteiger partial charge in [0.25, 0.3) is 0 Å². The topological polar surface area (TPSA) is 38.7 Å². The molecule has 1 aromatic rings. The fourth-order valence-corrected chi connectivity index (χ4v) is 1.24. The molecule has 1 aromatic carbocycles. The first-order valence-electron chi connectivity index (χ1n) is 5.72. The Morgan fingerprint density at radius 1 is 1.33 bits per heavy atom. The van der Waals surface area contributed by atoms with E-state index in [9.17, 15) is 4.79 Å². The number of methoxy groups -OCH3 is 1. The second-order valence-corrected chi connectivity index (χ2v) is 4.01. The van der Waals surface area contributed by atoms with Gasteiger partial charge in [-0.1, -0.05) is 29.8 Å². The van der Waals surface area contributed by atoms with Crippen molar-refractivity contribution in [2.45, 2.75) is 20.3 Å². The summed E-state index contributed by atoms with van der Waals surface area (Å²) >= 11 is 0. The van der Waals surface area contributed by atoms with E-state index in [2.05, 4.69) is 10.9 Å². The van der Waals surface area contributed by atoms with Gasteiger partial charge in [0.15, 0.2) is 0 Å². The number of allylic oxidation sites excluding steroid dienone is 2. The maximum absolute atomic E-state index is 11.5. The molecule has 0 radical (unpaired) electrons. The molecule has 0 saturated carbocycles. The third kappa shape index (κ3) is 4.81. The largest absolute Gasteiger partial charge is 0.465 e. The molecule has 0 aromatic heterocycles. The van der Waals surface area contributed by atoms with Gasteiger partial charge in [-0.15, -0.1) is 0 Å². The van der Waals surface area contributed by atoms with Crippen LogP contribution in [0.5, 0.6) is 0 Å². The van der Waals surface area contributed by atoms with E-state index in [1.54, 1.807) is 0 Å². The van der Waals surface area contributed by atoms with Crippen molar-refractivity contribution in [1.82, 2.24) is 0 Å². The lowest BCUT2D eigenvalue weighted by Crippen LogP contribution is -2.04. The highest BCUT2D eigenvalue weighted by Crippen LogP contribution is 2.10. The zero-order valence-electron chi connectivity index (χ0n) is 10.9. The zero-order chi connectivity index (χ0) is 13.4. The number of ether oxygens (including phenoxy) is 1. The molecular weight excluding hydrogens is 226 g/mol. The van der Waals surface area contributed by atoms with Gasteiger partial charge >= 0.3 is 5.97 Å². The van der Waals surface area contributed by atoms with Crippen LogP contribution in [0.2, 0.25) is 0 Å². The molecule has 0 aliphatic carbocycles. The molecule has 0 fully saturated rings. The minimum absolute atomic E-state index is 0.396. The Bertz CT molecular complexity index is 490. The zero-order valence-corrected chi connectivity index (χ0v) is 10.9. The lowest BCUT2D eigenvalue weighted by Gasteiger charge is -1.98. The molecule has 3 heteroatoms. The minimum Gasteiger partial charge on any atom is -0.465 e. The summed E-state index contributed by atoms with van der Waals surface area (Å²) < 4.78 is 4.71. The Labute approximate surface area is 108 Å². The van der Waals surface area contributed by atoms with Crippen LogP contribution in [-0.4, -0.2) is 18.9 Å². The molecule has 0 spiro atoms. The quantitative estimate of drug-likeness (QED) is 0.351. The van der Waals surface area contributed by atoms with E-state index in [4.69, 9.17) is 4.74 Å². The van der Waals surface area contributed by atoms with Gasteiger partial charge in [-0.3, -0.25) is 0 Å². The van der Waals surface area contributed by atoms with Crippen molar-refractivity contribution >= 4 is 17.5 Å². The molecule has 0 atom stereocenters. The van der Waals surface area contributed by atoms with Crippen LogP contribution in [-0.2, 0) is 9.53 Å². The molecule has 94 valence electrons. The number of benzene rings is 1. The molecular formula is C15H17NO2. The van der Waals surface area contributed by atoms with Crippen LogP contribution in [0.25, 0.3) is 0 Å². The Kier molecular flexibility index (Phi) is 5.62. The number of carbonyl (C=O) groups is 1. The maximum atomic E-state index is 11.5. The van der Waals surface area contributed by atoms with Crippen molar-refractivity contribution in [3.63, 3.8) is 0 Å². The van der Waals surface area contributed by atoms with Gasteiger partial charge in [-0.05, 0) is 31.9 Å². The van der Waals surface area contributed by atoms with E-state index in [-0.39, 0.29) is 0 Å². The number of esters is 1. The summed E-state index contributed by atoms with van der Waals surface area (Å²) in [4.78, 5) is 15.7. The normalized spacial score (nSPS) is 9.06. The third-order valence-corrected chi connectivity index (χ3v) is 2.22. The van der Waals surface area contributed by atoms with Crippen LogP contribution in [0, 0.1) is 0 Å². The number of para-hydroxylation sites is 1. The molecule has 3 nitrogen and oxygen atoms in total. The van der Waals surface area contributed by atoms with Crippen LogP contribution in [0.1, 0.15) is 20.3 Å². The van der Waals surface area contributed by atoms with Crippen LogP contribution in [0.4, 0.5) is 5.69 Å². The first-order valence-corrected chi connectivity index (χ1v) is 5.72. The molecule has 0 amide bonds. The first kappa shape index (κ1) is 13.9. The predicted octanol–water partition coefficient (Wildman–Crippen LogP) is 3.44. The minimum atomic E-state index is -0.396. The fourth-order valence-electron chi connectivity index (χ4n) is 1.24. The molecule has 0 unspecified atom stereocenters. The standard InChI is InChI=1S/C15H17NO2/c1-12(2)9-10-13(15(17)18-3)11-16-14-7-5-4-6-8-14/h4-9H,10H2,1-3H3.